The molecule has 12 nitrogen and oxygen atoms in total. The maximum atomic E-state index is 13.0. The lowest BCUT2D eigenvalue weighted by atomic mass is 10.0. The van der Waals surface area contributed by atoms with Crippen molar-refractivity contribution in [3.8, 4) is 0 Å². The summed E-state index contributed by atoms with van der Waals surface area (Å²) in [5, 5.41) is 23.6. The molecule has 8 N–H and O–H groups in total. The number of primary amides is 1. The van der Waals surface area contributed by atoms with Gasteiger partial charge < -0.3 is 37.2 Å². The number of rotatable bonds is 12. The number of aliphatic carboxylic acids is 1. The minimum absolute atomic E-state index is 0.0669. The fourth-order valence-corrected chi connectivity index (χ4v) is 3.74. The second-order valence-corrected chi connectivity index (χ2v) is 8.13. The molecule has 0 aromatic heterocycles. The van der Waals surface area contributed by atoms with Gasteiger partial charge >= 0.3 is 5.97 Å². The number of benzene rings is 1. The molecule has 0 saturated carbocycles. The fourth-order valence-electron chi connectivity index (χ4n) is 3.74. The molecule has 0 bridgehead atoms. The fraction of sp³-hybridized carbons (Fsp3) is 0.500. The zero-order chi connectivity index (χ0) is 25.3. The molecule has 0 radical (unpaired) electrons. The molecule has 1 aromatic carbocycles. The average Bonchev–Trinajstić information content (AvgIpc) is 3.30. The monoisotopic (exact) mass is 477 g/mol. The number of carbonyl (C=O) groups is 5. The van der Waals surface area contributed by atoms with E-state index in [1.54, 1.807) is 30.3 Å². The Morgan fingerprint density at radius 3 is 2.35 bits per heavy atom. The quantitative estimate of drug-likeness (QED) is 0.195. The van der Waals surface area contributed by atoms with Crippen molar-refractivity contribution in [2.75, 3.05) is 13.2 Å². The summed E-state index contributed by atoms with van der Waals surface area (Å²) < 4.78 is 0. The van der Waals surface area contributed by atoms with E-state index in [1.807, 2.05) is 0 Å². The highest BCUT2D eigenvalue weighted by molar-refractivity contribution is 5.94. The van der Waals surface area contributed by atoms with Crippen LogP contribution >= 0.6 is 0 Å². The summed E-state index contributed by atoms with van der Waals surface area (Å²) in [5.41, 5.74) is 11.4. The van der Waals surface area contributed by atoms with Crippen LogP contribution < -0.4 is 22.1 Å². The number of carboxylic acid groups (broad SMARTS) is 1. The van der Waals surface area contributed by atoms with Crippen LogP contribution in [0.15, 0.2) is 30.3 Å². The molecule has 12 heteroatoms. The second-order valence-electron chi connectivity index (χ2n) is 8.13. The molecule has 186 valence electrons. The molecule has 1 saturated heterocycles. The van der Waals surface area contributed by atoms with Crippen molar-refractivity contribution < 1.29 is 34.2 Å². The smallest absolute Gasteiger partial charge is 0.326 e. The van der Waals surface area contributed by atoms with Crippen LogP contribution in [-0.4, -0.2) is 82.0 Å². The van der Waals surface area contributed by atoms with E-state index in [4.69, 9.17) is 11.5 Å². The number of carbonyl (C=O) groups excluding carboxylic acids is 4. The zero-order valence-electron chi connectivity index (χ0n) is 18.7. The summed E-state index contributed by atoms with van der Waals surface area (Å²) in [6.45, 7) is -0.279. The number of hydrogen-bond acceptors (Lipinski definition) is 7. The third kappa shape index (κ3) is 7.52. The van der Waals surface area contributed by atoms with E-state index >= 15 is 0 Å². The van der Waals surface area contributed by atoms with Gasteiger partial charge in [0.1, 0.15) is 24.2 Å². The third-order valence-corrected chi connectivity index (χ3v) is 5.56. The van der Waals surface area contributed by atoms with E-state index in [0.717, 1.165) is 0 Å². The first-order valence-corrected chi connectivity index (χ1v) is 11.0. The maximum absolute atomic E-state index is 13.0. The minimum Gasteiger partial charge on any atom is -0.480 e. The molecule has 0 spiro atoms. The Morgan fingerprint density at radius 2 is 1.76 bits per heavy atom. The van der Waals surface area contributed by atoms with Gasteiger partial charge in [-0.2, -0.15) is 0 Å². The van der Waals surface area contributed by atoms with Gasteiger partial charge in [-0.1, -0.05) is 30.3 Å². The molecule has 2 rings (SSSR count). The molecule has 4 amide bonds. The van der Waals surface area contributed by atoms with Gasteiger partial charge in [0.15, 0.2) is 0 Å². The summed E-state index contributed by atoms with van der Waals surface area (Å²) in [5.74, 6) is -3.96. The molecule has 1 aliphatic rings. The van der Waals surface area contributed by atoms with E-state index in [2.05, 4.69) is 10.6 Å². The zero-order valence-corrected chi connectivity index (χ0v) is 18.7. The number of carboxylic acids is 1. The molecule has 4 atom stereocenters. The number of nitrogens with zero attached hydrogens (tertiary/aromatic N) is 1. The van der Waals surface area contributed by atoms with Gasteiger partial charge in [0.05, 0.1) is 6.61 Å². The van der Waals surface area contributed by atoms with Crippen molar-refractivity contribution in [2.45, 2.75) is 56.3 Å². The van der Waals surface area contributed by atoms with Gasteiger partial charge in [0.25, 0.3) is 0 Å². The third-order valence-electron chi connectivity index (χ3n) is 5.56. The van der Waals surface area contributed by atoms with Gasteiger partial charge in [-0.3, -0.25) is 19.2 Å². The van der Waals surface area contributed by atoms with Gasteiger partial charge in [0, 0.05) is 19.4 Å². The van der Waals surface area contributed by atoms with Gasteiger partial charge in [0.2, 0.25) is 23.6 Å². The van der Waals surface area contributed by atoms with Crippen LogP contribution in [0.5, 0.6) is 0 Å². The van der Waals surface area contributed by atoms with Crippen LogP contribution in [-0.2, 0) is 30.4 Å². The van der Waals surface area contributed by atoms with E-state index in [-0.39, 0.29) is 25.8 Å². The lowest BCUT2D eigenvalue weighted by Crippen LogP contribution is -2.57. The predicted octanol–water partition coefficient (Wildman–Crippen LogP) is -2.14. The van der Waals surface area contributed by atoms with E-state index < -0.39 is 60.4 Å². The Kier molecular flexibility index (Phi) is 9.95. The molecular weight excluding hydrogens is 446 g/mol. The summed E-state index contributed by atoms with van der Waals surface area (Å²) in [4.78, 5) is 62.3. The number of aliphatic hydroxyl groups is 1. The molecule has 4 unspecified atom stereocenters. The first-order chi connectivity index (χ1) is 16.1. The summed E-state index contributed by atoms with van der Waals surface area (Å²) in [6.07, 6.45) is 0.526. The van der Waals surface area contributed by atoms with Crippen LogP contribution in [0.4, 0.5) is 0 Å². The highest BCUT2D eigenvalue weighted by Crippen LogP contribution is 2.19. The maximum Gasteiger partial charge on any atom is 0.326 e. The van der Waals surface area contributed by atoms with Crippen molar-refractivity contribution in [3.63, 3.8) is 0 Å². The normalized spacial score (nSPS) is 17.9. The Bertz CT molecular complexity index is 895. The molecule has 1 aliphatic heterocycles. The van der Waals surface area contributed by atoms with Crippen molar-refractivity contribution in [2.24, 2.45) is 11.5 Å². The number of amides is 4. The van der Waals surface area contributed by atoms with Crippen LogP contribution in [0.2, 0.25) is 0 Å². The van der Waals surface area contributed by atoms with Crippen LogP contribution in [0.25, 0.3) is 0 Å². The van der Waals surface area contributed by atoms with Gasteiger partial charge in [-0.15, -0.1) is 0 Å². The van der Waals surface area contributed by atoms with Gasteiger partial charge in [-0.25, -0.2) is 4.79 Å². The Labute approximate surface area is 196 Å². The largest absolute Gasteiger partial charge is 0.480 e. The second kappa shape index (κ2) is 12.7. The molecule has 1 fully saturated rings. The number of hydrogen-bond donors (Lipinski definition) is 6. The first-order valence-electron chi connectivity index (χ1n) is 11.0. The number of nitrogens with two attached hydrogens (primary N) is 2. The van der Waals surface area contributed by atoms with Crippen LogP contribution in [0, 0.1) is 0 Å². The number of likely N-dealkylation sites (tertiary alicyclic amines) is 1. The Morgan fingerprint density at radius 1 is 1.09 bits per heavy atom. The number of aliphatic hydroxyl groups excluding tert-OH is 1. The topological polar surface area (TPSA) is 205 Å². The van der Waals surface area contributed by atoms with Crippen molar-refractivity contribution in [3.05, 3.63) is 35.9 Å². The lowest BCUT2D eigenvalue weighted by molar-refractivity contribution is -0.143. The Balaban J connectivity index is 2.18. The van der Waals surface area contributed by atoms with Crippen molar-refractivity contribution >= 4 is 29.6 Å². The number of nitrogens with one attached hydrogen (secondary N) is 2. The van der Waals surface area contributed by atoms with Crippen LogP contribution in [0.3, 0.4) is 0 Å². The summed E-state index contributed by atoms with van der Waals surface area (Å²) >= 11 is 0. The van der Waals surface area contributed by atoms with Crippen molar-refractivity contribution in [1.82, 2.24) is 15.5 Å². The minimum atomic E-state index is -1.37. The molecular formula is C22H31N5O7. The SMILES string of the molecule is NC(=O)CCC(NC(=O)C(Cc1ccccc1)NC(=O)C1CCCN1C(=O)C(N)CO)C(=O)O. The van der Waals surface area contributed by atoms with E-state index in [1.165, 1.54) is 4.90 Å². The van der Waals surface area contributed by atoms with Crippen LogP contribution in [0.1, 0.15) is 31.2 Å². The average molecular weight is 478 g/mol. The molecule has 1 heterocycles. The summed E-state index contributed by atoms with van der Waals surface area (Å²) in [7, 11) is 0. The van der Waals surface area contributed by atoms with E-state index in [9.17, 15) is 34.2 Å². The molecule has 0 aliphatic carbocycles. The van der Waals surface area contributed by atoms with Crippen molar-refractivity contribution in [1.29, 1.82) is 0 Å². The molecule has 34 heavy (non-hydrogen) atoms. The molecule has 1 aromatic rings. The standard InChI is InChI=1S/C22H31N5O7/c23-14(12-28)21(32)27-10-4-7-17(27)20(31)26-16(11-13-5-2-1-3-6-13)19(30)25-15(22(33)34)8-9-18(24)29/h1-3,5-6,14-17,28H,4,7-12,23H2,(H2,24,29)(H,25,30)(H,26,31)(H,33,34). The summed E-state index contributed by atoms with van der Waals surface area (Å²) in [6, 6.07) is 4.25. The van der Waals surface area contributed by atoms with Gasteiger partial charge in [-0.05, 0) is 24.8 Å². The predicted molar refractivity (Wildman–Crippen MR) is 120 cm³/mol. The lowest BCUT2D eigenvalue weighted by Gasteiger charge is -2.28. The van der Waals surface area contributed by atoms with E-state index in [0.29, 0.717) is 18.4 Å². The first kappa shape index (κ1) is 26.7. The highest BCUT2D eigenvalue weighted by Gasteiger charge is 2.37. The Hall–Kier alpha value is -3.51. The highest BCUT2D eigenvalue weighted by atomic mass is 16.4.